The molecule has 3 atom stereocenters. The summed E-state index contributed by atoms with van der Waals surface area (Å²) in [5.41, 5.74) is 0. The molecular formula is C15H26O3S2. The number of rotatable bonds is 5. The Morgan fingerprint density at radius 1 is 1.15 bits per heavy atom. The molecule has 3 nitrogen and oxygen atoms in total. The van der Waals surface area contributed by atoms with Crippen LogP contribution in [0, 0.1) is 5.92 Å². The van der Waals surface area contributed by atoms with E-state index >= 15 is 0 Å². The summed E-state index contributed by atoms with van der Waals surface area (Å²) < 4.78 is 11.9. The van der Waals surface area contributed by atoms with Crippen LogP contribution in [0.3, 0.4) is 0 Å². The van der Waals surface area contributed by atoms with Crippen LogP contribution in [0.1, 0.15) is 39.5 Å². The molecule has 0 radical (unpaired) electrons. The van der Waals surface area contributed by atoms with E-state index in [0.717, 1.165) is 50.1 Å². The quantitative estimate of drug-likeness (QED) is 0.574. The van der Waals surface area contributed by atoms with Gasteiger partial charge >= 0.3 is 0 Å². The van der Waals surface area contributed by atoms with E-state index in [-0.39, 0.29) is 22.2 Å². The number of hydrogen-bond donors (Lipinski definition) is 0. The van der Waals surface area contributed by atoms with Crippen LogP contribution < -0.4 is 0 Å². The summed E-state index contributed by atoms with van der Waals surface area (Å²) >= 11 is 3.83. The lowest BCUT2D eigenvalue weighted by molar-refractivity contribution is -0.132. The first kappa shape index (κ1) is 16.7. The minimum atomic E-state index is -0.0307. The van der Waals surface area contributed by atoms with Crippen LogP contribution in [0.5, 0.6) is 0 Å². The van der Waals surface area contributed by atoms with Gasteiger partial charge in [0.05, 0.1) is 28.8 Å². The number of carbonyl (C=O) groups is 1. The van der Waals surface area contributed by atoms with Crippen LogP contribution in [0.4, 0.5) is 0 Å². The van der Waals surface area contributed by atoms with Crippen molar-refractivity contribution in [2.75, 3.05) is 24.7 Å². The number of thioether (sulfide) groups is 2. The average molecular weight is 319 g/mol. The molecule has 2 fully saturated rings. The zero-order valence-electron chi connectivity index (χ0n) is 12.5. The molecule has 0 aliphatic carbocycles. The minimum Gasteiger partial charge on any atom is -0.376 e. The summed E-state index contributed by atoms with van der Waals surface area (Å²) in [5.74, 6) is 2.05. The van der Waals surface area contributed by atoms with Gasteiger partial charge in [0.25, 0.3) is 0 Å². The van der Waals surface area contributed by atoms with Crippen LogP contribution in [0.15, 0.2) is 0 Å². The molecule has 0 saturated carbocycles. The van der Waals surface area contributed by atoms with Gasteiger partial charge in [0, 0.05) is 6.61 Å². The summed E-state index contributed by atoms with van der Waals surface area (Å²) in [4.78, 5) is 11.6. The maximum atomic E-state index is 11.6. The van der Waals surface area contributed by atoms with Gasteiger partial charge in [-0.1, -0.05) is 13.8 Å². The number of carbonyl (C=O) groups excluding carboxylic acids is 1. The van der Waals surface area contributed by atoms with Crippen molar-refractivity contribution in [1.82, 2.24) is 0 Å². The summed E-state index contributed by atoms with van der Waals surface area (Å²) in [7, 11) is 0. The van der Waals surface area contributed by atoms with Crippen LogP contribution in [0.2, 0.25) is 0 Å². The molecule has 0 N–H and O–H groups in total. The Kier molecular flexibility index (Phi) is 6.72. The number of ether oxygens (including phenoxy) is 2. The van der Waals surface area contributed by atoms with Crippen molar-refractivity contribution < 1.29 is 14.3 Å². The molecule has 20 heavy (non-hydrogen) atoms. The summed E-state index contributed by atoms with van der Waals surface area (Å²) in [6.45, 7) is 5.75. The van der Waals surface area contributed by atoms with Gasteiger partial charge in [0.2, 0.25) is 0 Å². The van der Waals surface area contributed by atoms with Gasteiger partial charge in [0.15, 0.2) is 0 Å². The Hall–Kier alpha value is 0.290. The lowest BCUT2D eigenvalue weighted by Crippen LogP contribution is -2.45. The van der Waals surface area contributed by atoms with E-state index in [1.54, 1.807) is 0 Å². The normalized spacial score (nSPS) is 33.8. The SMILES string of the molecule is CCSC1(SCC)CC[C@H]2OCCC[C@@H]2OC[C@H]1C=O. The van der Waals surface area contributed by atoms with Crippen molar-refractivity contribution in [3.8, 4) is 0 Å². The molecule has 2 aliphatic rings. The minimum absolute atomic E-state index is 0.0136. The maximum absolute atomic E-state index is 11.6. The highest BCUT2D eigenvalue weighted by Crippen LogP contribution is 2.48. The van der Waals surface area contributed by atoms with Gasteiger partial charge < -0.3 is 14.3 Å². The number of fused-ring (bicyclic) bond motifs is 1. The molecule has 0 spiro atoms. The number of aldehydes is 1. The first-order valence-corrected chi connectivity index (χ1v) is 9.69. The first-order valence-electron chi connectivity index (χ1n) is 7.72. The van der Waals surface area contributed by atoms with E-state index in [1.807, 2.05) is 23.5 Å². The van der Waals surface area contributed by atoms with Gasteiger partial charge in [0.1, 0.15) is 6.29 Å². The van der Waals surface area contributed by atoms with E-state index in [2.05, 4.69) is 13.8 Å². The smallest absolute Gasteiger partial charge is 0.127 e. The maximum Gasteiger partial charge on any atom is 0.127 e. The van der Waals surface area contributed by atoms with E-state index in [0.29, 0.717) is 6.61 Å². The second-order valence-electron chi connectivity index (χ2n) is 5.38. The van der Waals surface area contributed by atoms with Gasteiger partial charge in [-0.05, 0) is 37.2 Å². The lowest BCUT2D eigenvalue weighted by Gasteiger charge is -2.43. The number of hydrogen-bond acceptors (Lipinski definition) is 5. The summed E-state index contributed by atoms with van der Waals surface area (Å²) in [5, 5.41) is 0. The Morgan fingerprint density at radius 2 is 1.85 bits per heavy atom. The van der Waals surface area contributed by atoms with Crippen molar-refractivity contribution >= 4 is 29.8 Å². The van der Waals surface area contributed by atoms with Crippen molar-refractivity contribution in [2.24, 2.45) is 5.92 Å². The standard InChI is InChI=1S/C15H26O3S2/c1-3-19-15(20-4-2)8-7-14-13(6-5-9-17-14)18-11-12(15)10-16/h10,12-14H,3-9,11H2,1-2H3/t12-,13+,14-/m1/s1. The third-order valence-electron chi connectivity index (χ3n) is 4.15. The molecule has 2 heterocycles. The molecule has 0 aromatic carbocycles. The van der Waals surface area contributed by atoms with Crippen LogP contribution in [-0.4, -0.2) is 47.3 Å². The summed E-state index contributed by atoms with van der Waals surface area (Å²) in [6.07, 6.45) is 5.74. The average Bonchev–Trinajstić information content (AvgIpc) is 2.45. The van der Waals surface area contributed by atoms with E-state index in [4.69, 9.17) is 9.47 Å². The molecule has 5 heteroatoms. The summed E-state index contributed by atoms with van der Waals surface area (Å²) in [6, 6.07) is 0. The molecular weight excluding hydrogens is 292 g/mol. The van der Waals surface area contributed by atoms with Crippen LogP contribution >= 0.6 is 23.5 Å². The fourth-order valence-corrected chi connectivity index (χ4v) is 6.40. The van der Waals surface area contributed by atoms with Gasteiger partial charge in [-0.25, -0.2) is 0 Å². The zero-order chi connectivity index (χ0) is 14.4. The van der Waals surface area contributed by atoms with E-state index < -0.39 is 0 Å². The predicted molar refractivity (Wildman–Crippen MR) is 86.5 cm³/mol. The molecule has 0 bridgehead atoms. The first-order chi connectivity index (χ1) is 9.75. The molecule has 2 aliphatic heterocycles. The highest BCUT2D eigenvalue weighted by Gasteiger charge is 2.43. The fraction of sp³-hybridized carbons (Fsp3) is 0.933. The molecule has 0 aromatic heterocycles. The van der Waals surface area contributed by atoms with Gasteiger partial charge in [-0.2, -0.15) is 0 Å². The van der Waals surface area contributed by atoms with Crippen molar-refractivity contribution in [2.45, 2.75) is 55.8 Å². The Bertz CT molecular complexity index is 305. The highest BCUT2D eigenvalue weighted by molar-refractivity contribution is 8.18. The zero-order valence-corrected chi connectivity index (χ0v) is 14.1. The van der Waals surface area contributed by atoms with Crippen molar-refractivity contribution in [1.29, 1.82) is 0 Å². The Labute approximate surface area is 130 Å². The molecule has 0 amide bonds. The van der Waals surface area contributed by atoms with Crippen LogP contribution in [-0.2, 0) is 14.3 Å². The fourth-order valence-electron chi connectivity index (χ4n) is 3.19. The Balaban J connectivity index is 2.14. The largest absolute Gasteiger partial charge is 0.376 e. The van der Waals surface area contributed by atoms with Crippen molar-refractivity contribution in [3.05, 3.63) is 0 Å². The Morgan fingerprint density at radius 3 is 2.50 bits per heavy atom. The molecule has 2 rings (SSSR count). The second-order valence-corrected chi connectivity index (χ2v) is 8.83. The molecule has 0 unspecified atom stereocenters. The van der Waals surface area contributed by atoms with Crippen LogP contribution in [0.25, 0.3) is 0 Å². The van der Waals surface area contributed by atoms with Gasteiger partial charge in [-0.15, -0.1) is 23.5 Å². The van der Waals surface area contributed by atoms with E-state index in [9.17, 15) is 4.79 Å². The lowest BCUT2D eigenvalue weighted by atomic mass is 9.94. The molecule has 0 aromatic rings. The third-order valence-corrected chi connectivity index (χ3v) is 7.43. The predicted octanol–water partition coefficient (Wildman–Crippen LogP) is 3.36. The monoisotopic (exact) mass is 318 g/mol. The van der Waals surface area contributed by atoms with Gasteiger partial charge in [-0.3, -0.25) is 0 Å². The third kappa shape index (κ3) is 3.73. The molecule has 2 saturated heterocycles. The van der Waals surface area contributed by atoms with Crippen molar-refractivity contribution in [3.63, 3.8) is 0 Å². The highest BCUT2D eigenvalue weighted by atomic mass is 32.2. The van der Waals surface area contributed by atoms with E-state index in [1.165, 1.54) is 0 Å². The second kappa shape index (κ2) is 8.06. The molecule has 116 valence electrons. The topological polar surface area (TPSA) is 35.5 Å².